The van der Waals surface area contributed by atoms with Crippen LogP contribution in [0.3, 0.4) is 0 Å². The number of phenols is 1. The molecule has 0 radical (unpaired) electrons. The fourth-order valence-corrected chi connectivity index (χ4v) is 2.64. The summed E-state index contributed by atoms with van der Waals surface area (Å²) in [5.74, 6) is 1.58. The van der Waals surface area contributed by atoms with E-state index in [0.29, 0.717) is 42.6 Å². The number of hydrogen-bond donors (Lipinski definition) is 1. The van der Waals surface area contributed by atoms with Crippen LogP contribution in [0.15, 0.2) is 42.0 Å². The summed E-state index contributed by atoms with van der Waals surface area (Å²) in [7, 11) is 0. The molecule has 25 heavy (non-hydrogen) atoms. The van der Waals surface area contributed by atoms with E-state index in [1.165, 1.54) is 6.07 Å². The molecule has 0 spiro atoms. The van der Waals surface area contributed by atoms with Gasteiger partial charge in [-0.2, -0.15) is 0 Å². The Hall–Kier alpha value is -2.95. The van der Waals surface area contributed by atoms with Gasteiger partial charge in [-0.3, -0.25) is 4.79 Å². The Morgan fingerprint density at radius 3 is 2.64 bits per heavy atom. The van der Waals surface area contributed by atoms with Gasteiger partial charge in [0.2, 0.25) is 0 Å². The molecule has 0 saturated carbocycles. The van der Waals surface area contributed by atoms with Crippen molar-refractivity contribution in [1.82, 2.24) is 0 Å². The second kappa shape index (κ2) is 7.30. The first kappa shape index (κ1) is 16.9. The first-order chi connectivity index (χ1) is 12.1. The van der Waals surface area contributed by atoms with Crippen molar-refractivity contribution in [2.24, 2.45) is 0 Å². The Morgan fingerprint density at radius 1 is 1.16 bits per heavy atom. The maximum atomic E-state index is 12.6. The zero-order valence-electron chi connectivity index (χ0n) is 14.2. The lowest BCUT2D eigenvalue weighted by atomic mass is 10.0. The molecule has 130 valence electrons. The number of rotatable bonds is 5. The summed E-state index contributed by atoms with van der Waals surface area (Å²) in [6.07, 6.45) is 1.76. The van der Waals surface area contributed by atoms with E-state index in [9.17, 15) is 9.90 Å². The highest BCUT2D eigenvalue weighted by atomic mass is 16.6. The third-order valence-corrected chi connectivity index (χ3v) is 3.83. The standard InChI is InChI=1S/C20H20O5/c1-3-23-15-5-6-16(17(21)12-15)20(22)13(2)10-14-4-7-18-19(11-14)25-9-8-24-18/h4-7,10-12,21H,3,8-9H2,1-2H3. The summed E-state index contributed by atoms with van der Waals surface area (Å²) in [6.45, 7) is 5.12. The molecular weight excluding hydrogens is 320 g/mol. The van der Waals surface area contributed by atoms with E-state index >= 15 is 0 Å². The lowest BCUT2D eigenvalue weighted by molar-refractivity contribution is 0.103. The van der Waals surface area contributed by atoms with Gasteiger partial charge in [0.15, 0.2) is 17.3 Å². The molecule has 0 unspecified atom stereocenters. The molecule has 0 aliphatic carbocycles. The minimum atomic E-state index is -0.240. The first-order valence-electron chi connectivity index (χ1n) is 8.17. The number of hydrogen-bond acceptors (Lipinski definition) is 5. The highest BCUT2D eigenvalue weighted by Gasteiger charge is 2.15. The molecule has 0 fully saturated rings. The van der Waals surface area contributed by atoms with Gasteiger partial charge in [-0.05, 0) is 55.3 Å². The van der Waals surface area contributed by atoms with Crippen LogP contribution < -0.4 is 14.2 Å². The summed E-state index contributed by atoms with van der Waals surface area (Å²) >= 11 is 0. The lowest BCUT2D eigenvalue weighted by Gasteiger charge is -2.18. The van der Waals surface area contributed by atoms with Crippen molar-refractivity contribution in [3.8, 4) is 23.0 Å². The van der Waals surface area contributed by atoms with Crippen molar-refractivity contribution >= 4 is 11.9 Å². The second-order valence-corrected chi connectivity index (χ2v) is 5.67. The van der Waals surface area contributed by atoms with Crippen molar-refractivity contribution in [3.05, 3.63) is 53.1 Å². The van der Waals surface area contributed by atoms with E-state index in [1.807, 2.05) is 25.1 Å². The Balaban J connectivity index is 1.83. The lowest BCUT2D eigenvalue weighted by Crippen LogP contribution is -2.15. The van der Waals surface area contributed by atoms with Gasteiger partial charge in [-0.25, -0.2) is 0 Å². The first-order valence-corrected chi connectivity index (χ1v) is 8.17. The van der Waals surface area contributed by atoms with Crippen molar-refractivity contribution in [3.63, 3.8) is 0 Å². The van der Waals surface area contributed by atoms with Gasteiger partial charge in [-0.15, -0.1) is 0 Å². The Kier molecular flexibility index (Phi) is 4.93. The molecule has 1 aliphatic rings. The third kappa shape index (κ3) is 3.76. The van der Waals surface area contributed by atoms with Gasteiger partial charge in [0, 0.05) is 6.07 Å². The van der Waals surface area contributed by atoms with Crippen LogP contribution in [-0.2, 0) is 0 Å². The second-order valence-electron chi connectivity index (χ2n) is 5.67. The highest BCUT2D eigenvalue weighted by molar-refractivity contribution is 6.12. The van der Waals surface area contributed by atoms with E-state index in [1.54, 1.807) is 25.1 Å². The van der Waals surface area contributed by atoms with Gasteiger partial charge in [-0.1, -0.05) is 6.07 Å². The van der Waals surface area contributed by atoms with Crippen LogP contribution in [0.5, 0.6) is 23.0 Å². The van der Waals surface area contributed by atoms with Crippen LogP contribution in [0, 0.1) is 0 Å². The molecule has 3 rings (SSSR count). The predicted octanol–water partition coefficient (Wildman–Crippen LogP) is 3.85. The Morgan fingerprint density at radius 2 is 1.92 bits per heavy atom. The van der Waals surface area contributed by atoms with Crippen LogP contribution in [0.4, 0.5) is 0 Å². The monoisotopic (exact) mass is 340 g/mol. The van der Waals surface area contributed by atoms with Crippen LogP contribution in [0.2, 0.25) is 0 Å². The molecule has 1 heterocycles. The van der Waals surface area contributed by atoms with Gasteiger partial charge >= 0.3 is 0 Å². The van der Waals surface area contributed by atoms with Gasteiger partial charge in [0.1, 0.15) is 24.7 Å². The Labute approximate surface area is 146 Å². The molecule has 5 heteroatoms. The number of carbonyl (C=O) groups is 1. The van der Waals surface area contributed by atoms with Gasteiger partial charge in [0.25, 0.3) is 0 Å². The van der Waals surface area contributed by atoms with Gasteiger partial charge in [0.05, 0.1) is 12.2 Å². The van der Waals surface area contributed by atoms with E-state index < -0.39 is 0 Å². The molecule has 0 amide bonds. The van der Waals surface area contributed by atoms with E-state index in [0.717, 1.165) is 5.56 Å². The average molecular weight is 340 g/mol. The maximum Gasteiger partial charge on any atom is 0.192 e. The molecule has 5 nitrogen and oxygen atoms in total. The maximum absolute atomic E-state index is 12.6. The molecule has 2 aromatic rings. The number of ether oxygens (including phenoxy) is 3. The average Bonchev–Trinajstić information content (AvgIpc) is 2.61. The molecule has 0 saturated heterocycles. The molecule has 1 N–H and O–H groups in total. The number of allylic oxidation sites excluding steroid dienone is 1. The quantitative estimate of drug-likeness (QED) is 0.661. The van der Waals surface area contributed by atoms with Crippen LogP contribution in [-0.4, -0.2) is 30.7 Å². The van der Waals surface area contributed by atoms with E-state index in [-0.39, 0.29) is 17.1 Å². The minimum absolute atomic E-state index is 0.0918. The van der Waals surface area contributed by atoms with Crippen molar-refractivity contribution in [2.45, 2.75) is 13.8 Å². The summed E-state index contributed by atoms with van der Waals surface area (Å²) in [5, 5.41) is 10.1. The number of ketones is 1. The van der Waals surface area contributed by atoms with Crippen molar-refractivity contribution in [1.29, 1.82) is 0 Å². The molecule has 0 bridgehead atoms. The SMILES string of the molecule is CCOc1ccc(C(=O)C(C)=Cc2ccc3c(c2)OCCO3)c(O)c1. The zero-order valence-corrected chi connectivity index (χ0v) is 14.2. The van der Waals surface area contributed by atoms with Crippen LogP contribution >= 0.6 is 0 Å². The topological polar surface area (TPSA) is 65.0 Å². The number of aromatic hydroxyl groups is 1. The predicted molar refractivity (Wildman–Crippen MR) is 94.7 cm³/mol. The van der Waals surface area contributed by atoms with E-state index in [2.05, 4.69) is 0 Å². The molecule has 2 aromatic carbocycles. The summed E-state index contributed by atoms with van der Waals surface area (Å²) in [5.41, 5.74) is 1.59. The number of carbonyl (C=O) groups excluding carboxylic acids is 1. The number of benzene rings is 2. The van der Waals surface area contributed by atoms with Crippen molar-refractivity contribution < 1.29 is 24.1 Å². The Bertz CT molecular complexity index is 823. The smallest absolute Gasteiger partial charge is 0.192 e. The third-order valence-electron chi connectivity index (χ3n) is 3.83. The zero-order chi connectivity index (χ0) is 17.8. The number of Topliss-reactive ketones (excluding diaryl/α,β-unsaturated/α-hetero) is 1. The summed E-state index contributed by atoms with van der Waals surface area (Å²) in [6, 6.07) is 10.2. The molecule has 1 aliphatic heterocycles. The largest absolute Gasteiger partial charge is 0.507 e. The molecule has 0 atom stereocenters. The highest BCUT2D eigenvalue weighted by Crippen LogP contribution is 2.32. The fraction of sp³-hybridized carbons (Fsp3) is 0.250. The summed E-state index contributed by atoms with van der Waals surface area (Å²) < 4.78 is 16.4. The number of phenolic OH excluding ortho intramolecular Hbond substituents is 1. The minimum Gasteiger partial charge on any atom is -0.507 e. The summed E-state index contributed by atoms with van der Waals surface area (Å²) in [4.78, 5) is 12.6. The van der Waals surface area contributed by atoms with E-state index in [4.69, 9.17) is 14.2 Å². The van der Waals surface area contributed by atoms with Crippen LogP contribution in [0.1, 0.15) is 29.8 Å². The van der Waals surface area contributed by atoms with Crippen molar-refractivity contribution in [2.75, 3.05) is 19.8 Å². The van der Waals surface area contributed by atoms with Crippen LogP contribution in [0.25, 0.3) is 6.08 Å². The molecular formula is C20H20O5. The molecule has 0 aromatic heterocycles. The number of fused-ring (bicyclic) bond motifs is 1. The van der Waals surface area contributed by atoms with Gasteiger partial charge < -0.3 is 19.3 Å². The normalized spacial score (nSPS) is 13.4. The fourth-order valence-electron chi connectivity index (χ4n) is 2.64.